The Bertz CT molecular complexity index is 665. The van der Waals surface area contributed by atoms with Crippen LogP contribution in [0.25, 0.3) is 0 Å². The van der Waals surface area contributed by atoms with Gasteiger partial charge in [-0.2, -0.15) is 0 Å². The number of nitrogens with one attached hydrogen (secondary N) is 1. The molecule has 8 heteroatoms. The molecule has 3 heterocycles. The second-order valence-electron chi connectivity index (χ2n) is 5.63. The largest absolute Gasteiger partial charge is 0.364 e. The zero-order valence-electron chi connectivity index (χ0n) is 13.3. The second-order valence-corrected chi connectivity index (χ2v) is 5.63. The molecule has 1 fully saturated rings. The number of carbonyl (C=O) groups is 1. The van der Waals surface area contributed by atoms with E-state index in [1.54, 1.807) is 12.3 Å². The number of rotatable bonds is 4. The Morgan fingerprint density at radius 1 is 1.35 bits per heavy atom. The van der Waals surface area contributed by atoms with Gasteiger partial charge in [-0.15, -0.1) is 0 Å². The number of carbonyl (C=O) groups excluding carboxylic acids is 1. The highest BCUT2D eigenvalue weighted by Crippen LogP contribution is 2.13. The lowest BCUT2D eigenvalue weighted by Crippen LogP contribution is -2.45. The lowest BCUT2D eigenvalue weighted by atomic mass is 10.2. The maximum absolute atomic E-state index is 12.2. The number of aromatic nitrogens is 3. The van der Waals surface area contributed by atoms with E-state index in [-0.39, 0.29) is 5.91 Å². The van der Waals surface area contributed by atoms with Gasteiger partial charge in [-0.05, 0) is 14.0 Å². The van der Waals surface area contributed by atoms with Gasteiger partial charge in [0.15, 0.2) is 0 Å². The highest BCUT2D eigenvalue weighted by atomic mass is 16.5. The number of likely N-dealkylation sites (N-methyl/N-ethyl adjacent to an activating group) is 1. The van der Waals surface area contributed by atoms with Crippen LogP contribution in [-0.4, -0.2) is 59.2 Å². The van der Waals surface area contributed by atoms with E-state index in [0.717, 1.165) is 26.2 Å². The van der Waals surface area contributed by atoms with Gasteiger partial charge in [0.1, 0.15) is 12.0 Å². The van der Waals surface area contributed by atoms with E-state index in [2.05, 4.69) is 37.3 Å². The van der Waals surface area contributed by atoms with Crippen LogP contribution in [0.3, 0.4) is 0 Å². The minimum Gasteiger partial charge on any atom is -0.364 e. The maximum Gasteiger partial charge on any atom is 0.255 e. The average Bonchev–Trinajstić information content (AvgIpc) is 3.06. The van der Waals surface area contributed by atoms with Crippen molar-refractivity contribution in [2.24, 2.45) is 0 Å². The van der Waals surface area contributed by atoms with Crippen LogP contribution < -0.4 is 10.2 Å². The first-order valence-corrected chi connectivity index (χ1v) is 7.58. The molecule has 1 aliphatic heterocycles. The van der Waals surface area contributed by atoms with E-state index < -0.39 is 0 Å². The molecule has 0 unspecified atom stereocenters. The molecule has 0 radical (unpaired) electrons. The number of aryl methyl sites for hydroxylation is 1. The quantitative estimate of drug-likeness (QED) is 0.876. The molecule has 0 saturated carbocycles. The molecule has 2 aromatic heterocycles. The van der Waals surface area contributed by atoms with Crippen molar-refractivity contribution in [3.05, 3.63) is 35.5 Å². The van der Waals surface area contributed by atoms with E-state index in [1.807, 2.05) is 6.92 Å². The van der Waals surface area contributed by atoms with Crippen LogP contribution in [0.5, 0.6) is 0 Å². The Labute approximate surface area is 134 Å². The molecule has 0 aromatic carbocycles. The number of nitrogens with zero attached hydrogens (tertiary/aromatic N) is 5. The molecule has 0 aliphatic carbocycles. The summed E-state index contributed by atoms with van der Waals surface area (Å²) < 4.78 is 4.73. The van der Waals surface area contributed by atoms with Gasteiger partial charge in [0, 0.05) is 38.4 Å². The van der Waals surface area contributed by atoms with Gasteiger partial charge < -0.3 is 19.6 Å². The molecule has 23 heavy (non-hydrogen) atoms. The standard InChI is InChI=1S/C15H20N6O2/c1-11-13(14(22)16-9-12-3-8-23-19-12)10-17-15(18-11)21-6-4-20(2)5-7-21/h3,8,10H,4-7,9H2,1-2H3,(H,16,22). The minimum atomic E-state index is -0.213. The molecule has 1 saturated heterocycles. The highest BCUT2D eigenvalue weighted by Gasteiger charge is 2.18. The fourth-order valence-electron chi connectivity index (χ4n) is 2.43. The molecule has 122 valence electrons. The van der Waals surface area contributed by atoms with E-state index in [4.69, 9.17) is 4.52 Å². The average molecular weight is 316 g/mol. The zero-order chi connectivity index (χ0) is 16.2. The summed E-state index contributed by atoms with van der Waals surface area (Å²) in [5.74, 6) is 0.471. The van der Waals surface area contributed by atoms with E-state index >= 15 is 0 Å². The minimum absolute atomic E-state index is 0.213. The third kappa shape index (κ3) is 3.65. The van der Waals surface area contributed by atoms with Crippen LogP contribution in [0.15, 0.2) is 23.0 Å². The Hall–Kier alpha value is -2.48. The fourth-order valence-corrected chi connectivity index (χ4v) is 2.43. The predicted octanol–water partition coefficient (Wildman–Crippen LogP) is 0.455. The SMILES string of the molecule is Cc1nc(N2CCN(C)CC2)ncc1C(=O)NCc1ccon1. The molecule has 1 amide bonds. The van der Waals surface area contributed by atoms with Gasteiger partial charge in [-0.3, -0.25) is 4.79 Å². The molecule has 3 rings (SSSR count). The Balaban J connectivity index is 1.65. The summed E-state index contributed by atoms with van der Waals surface area (Å²) in [5, 5.41) is 6.54. The van der Waals surface area contributed by atoms with E-state index in [9.17, 15) is 4.79 Å². The van der Waals surface area contributed by atoms with Crippen molar-refractivity contribution in [2.75, 3.05) is 38.1 Å². The molecule has 1 aliphatic rings. The molecule has 0 spiro atoms. The van der Waals surface area contributed by atoms with Crippen LogP contribution in [0, 0.1) is 6.92 Å². The summed E-state index contributed by atoms with van der Waals surface area (Å²) in [6.45, 7) is 5.91. The smallest absolute Gasteiger partial charge is 0.255 e. The maximum atomic E-state index is 12.2. The molecule has 0 atom stereocenters. The van der Waals surface area contributed by atoms with Gasteiger partial charge >= 0.3 is 0 Å². The topological polar surface area (TPSA) is 87.4 Å². The van der Waals surface area contributed by atoms with Crippen molar-refractivity contribution in [2.45, 2.75) is 13.5 Å². The summed E-state index contributed by atoms with van der Waals surface area (Å²) >= 11 is 0. The van der Waals surface area contributed by atoms with Crippen molar-refractivity contribution in [1.29, 1.82) is 0 Å². The first-order valence-electron chi connectivity index (χ1n) is 7.58. The Kier molecular flexibility index (Phi) is 4.52. The Morgan fingerprint density at radius 3 is 2.78 bits per heavy atom. The number of hydrogen-bond donors (Lipinski definition) is 1. The van der Waals surface area contributed by atoms with Gasteiger partial charge in [0.05, 0.1) is 17.8 Å². The van der Waals surface area contributed by atoms with Gasteiger partial charge in [-0.1, -0.05) is 5.16 Å². The highest BCUT2D eigenvalue weighted by molar-refractivity contribution is 5.94. The molecule has 0 bridgehead atoms. The summed E-state index contributed by atoms with van der Waals surface area (Å²) in [6.07, 6.45) is 3.06. The monoisotopic (exact) mass is 316 g/mol. The normalized spacial score (nSPS) is 15.7. The second kappa shape index (κ2) is 6.74. The van der Waals surface area contributed by atoms with Crippen LogP contribution in [-0.2, 0) is 6.54 Å². The number of hydrogen-bond acceptors (Lipinski definition) is 7. The van der Waals surface area contributed by atoms with Gasteiger partial charge in [0.25, 0.3) is 5.91 Å². The summed E-state index contributed by atoms with van der Waals surface area (Å²) in [7, 11) is 2.10. The van der Waals surface area contributed by atoms with Gasteiger partial charge in [-0.25, -0.2) is 9.97 Å². The molecule has 1 N–H and O–H groups in total. The predicted molar refractivity (Wildman–Crippen MR) is 84.2 cm³/mol. The molecular weight excluding hydrogens is 296 g/mol. The summed E-state index contributed by atoms with van der Waals surface area (Å²) in [6, 6.07) is 1.71. The van der Waals surface area contributed by atoms with Crippen molar-refractivity contribution in [3.63, 3.8) is 0 Å². The summed E-state index contributed by atoms with van der Waals surface area (Å²) in [4.78, 5) is 25.5. The Morgan fingerprint density at radius 2 is 2.13 bits per heavy atom. The lowest BCUT2D eigenvalue weighted by molar-refractivity contribution is 0.0948. The van der Waals surface area contributed by atoms with E-state index in [1.165, 1.54) is 6.26 Å². The number of amides is 1. The van der Waals surface area contributed by atoms with Crippen molar-refractivity contribution in [1.82, 2.24) is 25.3 Å². The van der Waals surface area contributed by atoms with E-state index in [0.29, 0.717) is 29.4 Å². The van der Waals surface area contributed by atoms with Gasteiger partial charge in [0.2, 0.25) is 5.95 Å². The third-order valence-electron chi connectivity index (χ3n) is 3.92. The van der Waals surface area contributed by atoms with Crippen molar-refractivity contribution in [3.8, 4) is 0 Å². The van der Waals surface area contributed by atoms with Crippen LogP contribution in [0.1, 0.15) is 21.7 Å². The molecule has 2 aromatic rings. The van der Waals surface area contributed by atoms with Crippen LogP contribution in [0.4, 0.5) is 5.95 Å². The van der Waals surface area contributed by atoms with Crippen molar-refractivity contribution >= 4 is 11.9 Å². The molecule has 8 nitrogen and oxygen atoms in total. The number of piperazine rings is 1. The fraction of sp³-hybridized carbons (Fsp3) is 0.467. The first kappa shape index (κ1) is 15.4. The van der Waals surface area contributed by atoms with Crippen LogP contribution >= 0.6 is 0 Å². The first-order chi connectivity index (χ1) is 11.1. The zero-order valence-corrected chi connectivity index (χ0v) is 13.3. The molecular formula is C15H20N6O2. The van der Waals surface area contributed by atoms with Crippen molar-refractivity contribution < 1.29 is 9.32 Å². The van der Waals surface area contributed by atoms with Crippen LogP contribution in [0.2, 0.25) is 0 Å². The number of anilines is 1. The third-order valence-corrected chi connectivity index (χ3v) is 3.92. The summed E-state index contributed by atoms with van der Waals surface area (Å²) in [5.41, 5.74) is 1.82. The lowest BCUT2D eigenvalue weighted by Gasteiger charge is -2.32.